The standard InChI is InChI=1S/C21H19N3O3/c1-27-21(26)16-7-9-17(10-8-16)23-18-11-12-19(22-14-18)24-20(25)13-15-5-3-2-4-6-15/h2-12,14,23H,13H2,1H3,(H,22,24,25). The average molecular weight is 361 g/mol. The highest BCUT2D eigenvalue weighted by Gasteiger charge is 2.06. The molecule has 2 aromatic carbocycles. The summed E-state index contributed by atoms with van der Waals surface area (Å²) in [6.45, 7) is 0. The van der Waals surface area contributed by atoms with Crippen molar-refractivity contribution in [3.8, 4) is 0 Å². The molecule has 27 heavy (non-hydrogen) atoms. The van der Waals surface area contributed by atoms with Crippen molar-refractivity contribution in [2.24, 2.45) is 0 Å². The van der Waals surface area contributed by atoms with E-state index in [4.69, 9.17) is 0 Å². The molecule has 2 N–H and O–H groups in total. The monoisotopic (exact) mass is 361 g/mol. The second-order valence-electron chi connectivity index (χ2n) is 5.84. The van der Waals surface area contributed by atoms with Crippen LogP contribution in [-0.4, -0.2) is 24.0 Å². The predicted octanol–water partition coefficient (Wildman–Crippen LogP) is 3.79. The van der Waals surface area contributed by atoms with Gasteiger partial charge in [0, 0.05) is 5.69 Å². The first-order valence-electron chi connectivity index (χ1n) is 8.39. The summed E-state index contributed by atoms with van der Waals surface area (Å²) < 4.78 is 4.67. The third-order valence-electron chi connectivity index (χ3n) is 3.83. The molecule has 0 aliphatic carbocycles. The number of anilines is 3. The zero-order valence-corrected chi connectivity index (χ0v) is 14.8. The molecule has 3 rings (SSSR count). The number of ether oxygens (including phenoxy) is 1. The van der Waals surface area contributed by atoms with Crippen molar-refractivity contribution in [2.45, 2.75) is 6.42 Å². The number of pyridine rings is 1. The molecule has 0 bridgehead atoms. The van der Waals surface area contributed by atoms with Crippen LogP contribution in [-0.2, 0) is 16.0 Å². The van der Waals surface area contributed by atoms with Gasteiger partial charge in [-0.2, -0.15) is 0 Å². The largest absolute Gasteiger partial charge is 0.465 e. The molecular weight excluding hydrogens is 342 g/mol. The van der Waals surface area contributed by atoms with Crippen LogP contribution in [0, 0.1) is 0 Å². The molecule has 0 unspecified atom stereocenters. The van der Waals surface area contributed by atoms with E-state index < -0.39 is 0 Å². The van der Waals surface area contributed by atoms with Crippen LogP contribution >= 0.6 is 0 Å². The molecule has 1 amide bonds. The highest BCUT2D eigenvalue weighted by molar-refractivity contribution is 5.91. The molecule has 0 atom stereocenters. The highest BCUT2D eigenvalue weighted by Crippen LogP contribution is 2.18. The first kappa shape index (κ1) is 18.1. The van der Waals surface area contributed by atoms with E-state index in [1.807, 2.05) is 36.4 Å². The molecule has 0 fully saturated rings. The first-order valence-corrected chi connectivity index (χ1v) is 8.39. The lowest BCUT2D eigenvalue weighted by Gasteiger charge is -2.08. The average Bonchev–Trinajstić information content (AvgIpc) is 2.70. The van der Waals surface area contributed by atoms with Crippen LogP contribution in [0.2, 0.25) is 0 Å². The smallest absolute Gasteiger partial charge is 0.337 e. The van der Waals surface area contributed by atoms with E-state index in [9.17, 15) is 9.59 Å². The third-order valence-corrected chi connectivity index (χ3v) is 3.83. The Bertz CT molecular complexity index is 908. The number of aromatic nitrogens is 1. The molecule has 0 aliphatic heterocycles. The van der Waals surface area contributed by atoms with E-state index in [1.54, 1.807) is 36.5 Å². The Morgan fingerprint density at radius 3 is 2.26 bits per heavy atom. The van der Waals surface area contributed by atoms with Crippen LogP contribution in [0.25, 0.3) is 0 Å². The van der Waals surface area contributed by atoms with Gasteiger partial charge in [0.15, 0.2) is 0 Å². The van der Waals surface area contributed by atoms with E-state index in [0.29, 0.717) is 17.8 Å². The number of hydrogen-bond donors (Lipinski definition) is 2. The van der Waals surface area contributed by atoms with Gasteiger partial charge in [0.05, 0.1) is 31.0 Å². The fraction of sp³-hybridized carbons (Fsp3) is 0.0952. The van der Waals surface area contributed by atoms with Gasteiger partial charge in [-0.3, -0.25) is 4.79 Å². The third kappa shape index (κ3) is 5.15. The van der Waals surface area contributed by atoms with Crippen molar-refractivity contribution >= 4 is 29.1 Å². The molecule has 3 aromatic rings. The lowest BCUT2D eigenvalue weighted by molar-refractivity contribution is -0.115. The lowest BCUT2D eigenvalue weighted by atomic mass is 10.1. The minimum Gasteiger partial charge on any atom is -0.465 e. The van der Waals surface area contributed by atoms with Crippen LogP contribution < -0.4 is 10.6 Å². The Morgan fingerprint density at radius 1 is 0.926 bits per heavy atom. The van der Waals surface area contributed by atoms with E-state index in [1.165, 1.54) is 7.11 Å². The van der Waals surface area contributed by atoms with Crippen molar-refractivity contribution in [1.82, 2.24) is 4.98 Å². The fourth-order valence-electron chi connectivity index (χ4n) is 2.48. The van der Waals surface area contributed by atoms with Crippen molar-refractivity contribution in [3.05, 3.63) is 84.1 Å². The van der Waals surface area contributed by atoms with E-state index >= 15 is 0 Å². The van der Waals surface area contributed by atoms with Gasteiger partial charge in [-0.1, -0.05) is 30.3 Å². The number of methoxy groups -OCH3 is 1. The maximum Gasteiger partial charge on any atom is 0.337 e. The first-order chi connectivity index (χ1) is 13.1. The fourth-order valence-corrected chi connectivity index (χ4v) is 2.48. The molecule has 6 heteroatoms. The number of carbonyl (C=O) groups excluding carboxylic acids is 2. The van der Waals surface area contributed by atoms with Crippen LogP contribution in [0.5, 0.6) is 0 Å². The Balaban J connectivity index is 1.57. The summed E-state index contributed by atoms with van der Waals surface area (Å²) in [5.74, 6) is -0.00542. The van der Waals surface area contributed by atoms with Crippen LogP contribution in [0.3, 0.4) is 0 Å². The molecule has 0 aliphatic rings. The Labute approximate surface area is 157 Å². The summed E-state index contributed by atoms with van der Waals surface area (Å²) >= 11 is 0. The minimum atomic E-state index is -0.376. The summed E-state index contributed by atoms with van der Waals surface area (Å²) in [7, 11) is 1.35. The van der Waals surface area contributed by atoms with Crippen LogP contribution in [0.4, 0.5) is 17.2 Å². The van der Waals surface area contributed by atoms with Gasteiger partial charge >= 0.3 is 5.97 Å². The molecule has 0 spiro atoms. The molecule has 1 heterocycles. The second kappa shape index (κ2) is 8.62. The number of benzene rings is 2. The predicted molar refractivity (Wildman–Crippen MR) is 104 cm³/mol. The minimum absolute atomic E-state index is 0.118. The number of rotatable bonds is 6. The van der Waals surface area contributed by atoms with E-state index in [-0.39, 0.29) is 11.9 Å². The van der Waals surface area contributed by atoms with Crippen molar-refractivity contribution in [3.63, 3.8) is 0 Å². The van der Waals surface area contributed by atoms with Crippen molar-refractivity contribution in [1.29, 1.82) is 0 Å². The maximum atomic E-state index is 12.1. The van der Waals surface area contributed by atoms with Gasteiger partial charge in [-0.25, -0.2) is 9.78 Å². The summed E-state index contributed by atoms with van der Waals surface area (Å²) in [6.07, 6.45) is 1.93. The summed E-state index contributed by atoms with van der Waals surface area (Å²) in [5.41, 5.74) is 3.01. The molecule has 0 saturated heterocycles. The molecule has 1 aromatic heterocycles. The number of hydrogen-bond acceptors (Lipinski definition) is 5. The highest BCUT2D eigenvalue weighted by atomic mass is 16.5. The Hall–Kier alpha value is -3.67. The van der Waals surface area contributed by atoms with Crippen molar-refractivity contribution in [2.75, 3.05) is 17.7 Å². The number of amides is 1. The molecule has 6 nitrogen and oxygen atoms in total. The van der Waals surface area contributed by atoms with E-state index in [2.05, 4.69) is 20.4 Å². The molecule has 0 radical (unpaired) electrons. The number of esters is 1. The summed E-state index contributed by atoms with van der Waals surface area (Å²) in [5, 5.41) is 5.96. The quantitative estimate of drug-likeness (QED) is 0.653. The van der Waals surface area contributed by atoms with Gasteiger partial charge in [0.1, 0.15) is 5.82 Å². The van der Waals surface area contributed by atoms with Gasteiger partial charge < -0.3 is 15.4 Å². The van der Waals surface area contributed by atoms with Gasteiger partial charge in [-0.15, -0.1) is 0 Å². The van der Waals surface area contributed by atoms with Gasteiger partial charge in [0.2, 0.25) is 5.91 Å². The maximum absolute atomic E-state index is 12.1. The summed E-state index contributed by atoms with van der Waals surface area (Å²) in [6, 6.07) is 20.0. The molecule has 0 saturated carbocycles. The topological polar surface area (TPSA) is 80.3 Å². The lowest BCUT2D eigenvalue weighted by Crippen LogP contribution is -2.15. The normalized spacial score (nSPS) is 10.1. The molecule has 136 valence electrons. The Kier molecular flexibility index (Phi) is 5.79. The Morgan fingerprint density at radius 2 is 1.63 bits per heavy atom. The zero-order valence-electron chi connectivity index (χ0n) is 14.8. The van der Waals surface area contributed by atoms with Gasteiger partial charge in [-0.05, 0) is 42.0 Å². The summed E-state index contributed by atoms with van der Waals surface area (Å²) in [4.78, 5) is 27.7. The van der Waals surface area contributed by atoms with Gasteiger partial charge in [0.25, 0.3) is 0 Å². The van der Waals surface area contributed by atoms with Crippen LogP contribution in [0.15, 0.2) is 72.9 Å². The number of nitrogens with one attached hydrogen (secondary N) is 2. The number of nitrogens with zero attached hydrogens (tertiary/aromatic N) is 1. The van der Waals surface area contributed by atoms with Crippen molar-refractivity contribution < 1.29 is 14.3 Å². The van der Waals surface area contributed by atoms with E-state index in [0.717, 1.165) is 16.9 Å². The molecular formula is C21H19N3O3. The number of carbonyl (C=O) groups is 2. The van der Waals surface area contributed by atoms with Crippen LogP contribution in [0.1, 0.15) is 15.9 Å². The second-order valence-corrected chi connectivity index (χ2v) is 5.84. The zero-order chi connectivity index (χ0) is 19.1. The SMILES string of the molecule is COC(=O)c1ccc(Nc2ccc(NC(=O)Cc3ccccc3)nc2)cc1.